The molecule has 176 valence electrons. The monoisotopic (exact) mass is 434 g/mol. The molecule has 1 rings (SSSR count). The molecule has 0 aliphatic rings. The Bertz CT molecular complexity index is 732. The van der Waals surface area contributed by atoms with E-state index in [2.05, 4.69) is 0 Å². The van der Waals surface area contributed by atoms with E-state index in [0.717, 1.165) is 29.5 Å². The first-order chi connectivity index (χ1) is 14.2. The van der Waals surface area contributed by atoms with E-state index in [9.17, 15) is 14.7 Å². The van der Waals surface area contributed by atoms with Gasteiger partial charge in [0.2, 0.25) is 0 Å². The van der Waals surface area contributed by atoms with Crippen LogP contribution in [0.15, 0.2) is 12.1 Å². The summed E-state index contributed by atoms with van der Waals surface area (Å²) in [6.45, 7) is 18.1. The van der Waals surface area contributed by atoms with Gasteiger partial charge in [0.15, 0.2) is 5.41 Å². The highest BCUT2D eigenvalue weighted by atomic mass is 16.6. The fourth-order valence-electron chi connectivity index (χ4n) is 3.71. The van der Waals surface area contributed by atoms with E-state index in [1.165, 1.54) is 0 Å². The zero-order valence-electron chi connectivity index (χ0n) is 21.0. The summed E-state index contributed by atoms with van der Waals surface area (Å²) in [5.41, 5.74) is 0.591. The summed E-state index contributed by atoms with van der Waals surface area (Å²) in [4.78, 5) is 25.9. The highest BCUT2D eigenvalue weighted by Gasteiger charge is 2.46. The second kappa shape index (κ2) is 10.5. The van der Waals surface area contributed by atoms with E-state index in [0.29, 0.717) is 12.8 Å². The van der Waals surface area contributed by atoms with Crippen LogP contribution in [0.5, 0.6) is 5.75 Å². The Morgan fingerprint density at radius 1 is 0.871 bits per heavy atom. The minimum Gasteiger partial charge on any atom is -0.507 e. The van der Waals surface area contributed by atoms with Crippen molar-refractivity contribution in [3.63, 3.8) is 0 Å². The van der Waals surface area contributed by atoms with Crippen molar-refractivity contribution >= 4 is 11.9 Å². The number of ether oxygens (including phenoxy) is 2. The molecule has 31 heavy (non-hydrogen) atoms. The molecule has 0 aliphatic carbocycles. The number of benzene rings is 1. The number of carbonyl (C=O) groups excluding carboxylic acids is 2. The lowest BCUT2D eigenvalue weighted by Crippen LogP contribution is -2.41. The number of phenolic OH excluding ortho intramolecular Hbond substituents is 1. The Labute approximate surface area is 188 Å². The van der Waals surface area contributed by atoms with Crippen LogP contribution < -0.4 is 0 Å². The predicted octanol–water partition coefficient (Wildman–Crippen LogP) is 6.18. The zero-order chi connectivity index (χ0) is 24.0. The third-order valence-electron chi connectivity index (χ3n) is 5.77. The number of esters is 2. The standard InChI is InChI=1S/C26H42O5/c1-10-13-14-26(11-2,22(28)30-12-3)23(29)31-17-18-15-19(24(4,5)6)21(27)20(16-18)25(7,8)9/h15-16,27H,10-14,17H2,1-9H3. The van der Waals surface area contributed by atoms with E-state index >= 15 is 0 Å². The molecule has 0 fully saturated rings. The van der Waals surface area contributed by atoms with Gasteiger partial charge in [-0.1, -0.05) is 68.2 Å². The lowest BCUT2D eigenvalue weighted by atomic mass is 9.78. The van der Waals surface area contributed by atoms with Gasteiger partial charge in [-0.15, -0.1) is 0 Å². The first-order valence-corrected chi connectivity index (χ1v) is 11.5. The van der Waals surface area contributed by atoms with Crippen LogP contribution in [0.4, 0.5) is 0 Å². The Morgan fingerprint density at radius 2 is 1.35 bits per heavy atom. The first kappa shape index (κ1) is 27.0. The molecule has 0 saturated heterocycles. The summed E-state index contributed by atoms with van der Waals surface area (Å²) in [5.74, 6) is -0.760. The van der Waals surface area contributed by atoms with Gasteiger partial charge in [-0.2, -0.15) is 0 Å². The lowest BCUT2D eigenvalue weighted by molar-refractivity contribution is -0.174. The topological polar surface area (TPSA) is 72.8 Å². The van der Waals surface area contributed by atoms with Gasteiger partial charge >= 0.3 is 11.9 Å². The van der Waals surface area contributed by atoms with Crippen LogP contribution in [0.2, 0.25) is 0 Å². The van der Waals surface area contributed by atoms with Crippen LogP contribution in [0.1, 0.15) is 105 Å². The molecular formula is C26H42O5. The van der Waals surface area contributed by atoms with Crippen molar-refractivity contribution in [2.45, 2.75) is 105 Å². The largest absolute Gasteiger partial charge is 0.507 e. The molecule has 0 spiro atoms. The summed E-state index contributed by atoms with van der Waals surface area (Å²) >= 11 is 0. The Balaban J connectivity index is 3.30. The summed E-state index contributed by atoms with van der Waals surface area (Å²) < 4.78 is 10.9. The van der Waals surface area contributed by atoms with Crippen molar-refractivity contribution in [2.24, 2.45) is 5.41 Å². The van der Waals surface area contributed by atoms with Gasteiger partial charge in [-0.3, -0.25) is 9.59 Å². The number of hydrogen-bond donors (Lipinski definition) is 1. The van der Waals surface area contributed by atoms with E-state index in [1.54, 1.807) is 6.92 Å². The van der Waals surface area contributed by atoms with Crippen molar-refractivity contribution < 1.29 is 24.2 Å². The Morgan fingerprint density at radius 3 is 1.74 bits per heavy atom. The maximum atomic E-state index is 13.1. The fraction of sp³-hybridized carbons (Fsp3) is 0.692. The van der Waals surface area contributed by atoms with Gasteiger partial charge in [-0.05, 0) is 59.4 Å². The zero-order valence-corrected chi connectivity index (χ0v) is 21.0. The highest BCUT2D eigenvalue weighted by Crippen LogP contribution is 2.40. The minimum absolute atomic E-state index is 0.0402. The van der Waals surface area contributed by atoms with Crippen molar-refractivity contribution in [3.8, 4) is 5.75 Å². The molecule has 1 aromatic carbocycles. The van der Waals surface area contributed by atoms with Gasteiger partial charge in [-0.25, -0.2) is 0 Å². The molecule has 5 heteroatoms. The maximum Gasteiger partial charge on any atom is 0.323 e. The van der Waals surface area contributed by atoms with Gasteiger partial charge in [0, 0.05) is 0 Å². The molecule has 0 aromatic heterocycles. The van der Waals surface area contributed by atoms with E-state index in [4.69, 9.17) is 9.47 Å². The highest BCUT2D eigenvalue weighted by molar-refractivity contribution is 6.00. The summed E-state index contributed by atoms with van der Waals surface area (Å²) in [6, 6.07) is 3.78. The quantitative estimate of drug-likeness (QED) is 0.371. The van der Waals surface area contributed by atoms with Crippen LogP contribution in [0.25, 0.3) is 0 Å². The number of aromatic hydroxyl groups is 1. The first-order valence-electron chi connectivity index (χ1n) is 11.5. The normalized spacial score (nSPS) is 14.1. The SMILES string of the molecule is CCCCC(CC)(C(=O)OCC)C(=O)OCc1cc(C(C)(C)C)c(O)c(C(C)(C)C)c1. The van der Waals surface area contributed by atoms with Crippen LogP contribution in [0.3, 0.4) is 0 Å². The Hall–Kier alpha value is -2.04. The summed E-state index contributed by atoms with van der Waals surface area (Å²) in [5, 5.41) is 10.9. The van der Waals surface area contributed by atoms with Crippen molar-refractivity contribution in [2.75, 3.05) is 6.61 Å². The molecular weight excluding hydrogens is 392 g/mol. The fourth-order valence-corrected chi connectivity index (χ4v) is 3.71. The molecule has 0 bridgehead atoms. The molecule has 5 nitrogen and oxygen atoms in total. The molecule has 0 radical (unpaired) electrons. The molecule has 1 unspecified atom stereocenters. The smallest absolute Gasteiger partial charge is 0.323 e. The third kappa shape index (κ3) is 6.47. The molecule has 1 N–H and O–H groups in total. The third-order valence-corrected chi connectivity index (χ3v) is 5.77. The molecule has 1 atom stereocenters. The summed E-state index contributed by atoms with van der Waals surface area (Å²) in [6.07, 6.45) is 2.36. The average molecular weight is 435 g/mol. The molecule has 0 saturated carbocycles. The predicted molar refractivity (Wildman–Crippen MR) is 124 cm³/mol. The van der Waals surface area contributed by atoms with Gasteiger partial charge in [0.1, 0.15) is 12.4 Å². The van der Waals surface area contributed by atoms with E-state index < -0.39 is 17.4 Å². The molecule has 0 aliphatic heterocycles. The van der Waals surface area contributed by atoms with Crippen LogP contribution in [-0.2, 0) is 36.5 Å². The van der Waals surface area contributed by atoms with Crippen LogP contribution >= 0.6 is 0 Å². The van der Waals surface area contributed by atoms with Crippen molar-refractivity contribution in [1.82, 2.24) is 0 Å². The van der Waals surface area contributed by atoms with Gasteiger partial charge in [0.25, 0.3) is 0 Å². The molecule has 0 amide bonds. The number of unbranched alkanes of at least 4 members (excludes halogenated alkanes) is 1. The molecule has 0 heterocycles. The van der Waals surface area contributed by atoms with Gasteiger partial charge in [0.05, 0.1) is 6.61 Å². The second-order valence-corrected chi connectivity index (χ2v) is 10.4. The van der Waals surface area contributed by atoms with Crippen molar-refractivity contribution in [1.29, 1.82) is 0 Å². The number of phenols is 1. The van der Waals surface area contributed by atoms with Crippen LogP contribution in [0, 0.1) is 5.41 Å². The average Bonchev–Trinajstić information content (AvgIpc) is 2.66. The lowest BCUT2D eigenvalue weighted by Gasteiger charge is -2.29. The van der Waals surface area contributed by atoms with Crippen LogP contribution in [-0.4, -0.2) is 23.7 Å². The van der Waals surface area contributed by atoms with E-state index in [-0.39, 0.29) is 29.8 Å². The number of rotatable bonds is 9. The second-order valence-electron chi connectivity index (χ2n) is 10.4. The minimum atomic E-state index is -1.28. The van der Waals surface area contributed by atoms with Gasteiger partial charge < -0.3 is 14.6 Å². The number of hydrogen-bond acceptors (Lipinski definition) is 5. The summed E-state index contributed by atoms with van der Waals surface area (Å²) in [7, 11) is 0. The van der Waals surface area contributed by atoms with Crippen molar-refractivity contribution in [3.05, 3.63) is 28.8 Å². The van der Waals surface area contributed by atoms with E-state index in [1.807, 2.05) is 67.5 Å². The number of carbonyl (C=O) groups is 2. The Kier molecular flexibility index (Phi) is 9.16. The molecule has 1 aromatic rings. The maximum absolute atomic E-state index is 13.1.